The average molecular weight is 156 g/mol. The fourth-order valence-electron chi connectivity index (χ4n) is 1.21. The molecule has 0 aromatic carbocycles. The first kappa shape index (κ1) is 8.72. The van der Waals surface area contributed by atoms with Gasteiger partial charge in [-0.15, -0.1) is 0 Å². The summed E-state index contributed by atoms with van der Waals surface area (Å²) in [5.41, 5.74) is -1.12. The lowest BCUT2D eigenvalue weighted by Crippen LogP contribution is -2.33. The molecule has 11 heavy (non-hydrogen) atoms. The number of Topliss-reactive ketones (excluding diaryl/α,β-unsaturated/α-hetero) is 1. The highest BCUT2D eigenvalue weighted by molar-refractivity contribution is 5.86. The van der Waals surface area contributed by atoms with Crippen LogP contribution in [0.15, 0.2) is 0 Å². The second-order valence-electron chi connectivity index (χ2n) is 3.98. The van der Waals surface area contributed by atoms with Gasteiger partial charge in [-0.25, -0.2) is 0 Å². The molecule has 1 rings (SSSR count). The van der Waals surface area contributed by atoms with Crippen LogP contribution in [0.1, 0.15) is 39.5 Å². The highest BCUT2D eigenvalue weighted by atomic mass is 16.3. The molecule has 0 aromatic heterocycles. The lowest BCUT2D eigenvalue weighted by molar-refractivity contribution is -0.135. The lowest BCUT2D eigenvalue weighted by atomic mass is 9.79. The molecule has 2 nitrogen and oxygen atoms in total. The Bertz CT molecular complexity index is 151. The topological polar surface area (TPSA) is 37.3 Å². The molecule has 1 aliphatic carbocycles. The smallest absolute Gasteiger partial charge is 0.164 e. The quantitative estimate of drug-likeness (QED) is 0.672. The Morgan fingerprint density at radius 3 is 2.36 bits per heavy atom. The number of aliphatic hydroxyl groups is 1. The van der Waals surface area contributed by atoms with Gasteiger partial charge in [-0.3, -0.25) is 4.79 Å². The molecule has 0 atom stereocenters. The van der Waals surface area contributed by atoms with Crippen molar-refractivity contribution in [3.63, 3.8) is 0 Å². The van der Waals surface area contributed by atoms with Gasteiger partial charge in [0.15, 0.2) is 5.78 Å². The van der Waals surface area contributed by atoms with Crippen molar-refractivity contribution in [3.05, 3.63) is 0 Å². The van der Waals surface area contributed by atoms with Gasteiger partial charge in [0.1, 0.15) is 5.60 Å². The van der Waals surface area contributed by atoms with Gasteiger partial charge in [-0.1, -0.05) is 19.3 Å². The van der Waals surface area contributed by atoms with E-state index in [1.54, 1.807) is 13.8 Å². The van der Waals surface area contributed by atoms with E-state index in [1.807, 2.05) is 0 Å². The molecule has 0 unspecified atom stereocenters. The summed E-state index contributed by atoms with van der Waals surface area (Å²) in [4.78, 5) is 11.2. The first-order chi connectivity index (χ1) is 5.00. The standard InChI is InChI=1S/C9H16O2/c1-9(2,11)8(10)6-7-4-3-5-7/h7,11H,3-6H2,1-2H3. The number of hydrogen-bond donors (Lipinski definition) is 1. The van der Waals surface area contributed by atoms with Crippen molar-refractivity contribution in [2.75, 3.05) is 0 Å². The molecule has 64 valence electrons. The molecule has 1 N–H and O–H groups in total. The predicted octanol–water partition coefficient (Wildman–Crippen LogP) is 1.52. The van der Waals surface area contributed by atoms with Crippen molar-refractivity contribution in [1.82, 2.24) is 0 Å². The summed E-state index contributed by atoms with van der Waals surface area (Å²) < 4.78 is 0. The van der Waals surface area contributed by atoms with Crippen LogP contribution in [0.5, 0.6) is 0 Å². The first-order valence-electron chi connectivity index (χ1n) is 4.26. The molecular weight excluding hydrogens is 140 g/mol. The Labute approximate surface area is 67.6 Å². The molecule has 0 aliphatic heterocycles. The summed E-state index contributed by atoms with van der Waals surface area (Å²) >= 11 is 0. The highest BCUT2D eigenvalue weighted by Gasteiger charge is 2.28. The Morgan fingerprint density at radius 1 is 1.55 bits per heavy atom. The van der Waals surface area contributed by atoms with Crippen LogP contribution < -0.4 is 0 Å². The van der Waals surface area contributed by atoms with Gasteiger partial charge in [0.25, 0.3) is 0 Å². The van der Waals surface area contributed by atoms with Crippen LogP contribution in [0, 0.1) is 5.92 Å². The summed E-state index contributed by atoms with van der Waals surface area (Å²) in [6.45, 7) is 3.13. The maximum Gasteiger partial charge on any atom is 0.164 e. The zero-order chi connectivity index (χ0) is 8.48. The Hall–Kier alpha value is -0.370. The molecule has 0 aromatic rings. The third-order valence-electron chi connectivity index (χ3n) is 2.38. The SMILES string of the molecule is CC(C)(O)C(=O)CC1CCC1. The summed E-state index contributed by atoms with van der Waals surface area (Å²) in [6.07, 6.45) is 4.16. The van der Waals surface area contributed by atoms with Crippen LogP contribution in [0.25, 0.3) is 0 Å². The van der Waals surface area contributed by atoms with E-state index in [0.29, 0.717) is 12.3 Å². The summed E-state index contributed by atoms with van der Waals surface area (Å²) in [5, 5.41) is 9.31. The average Bonchev–Trinajstić information content (AvgIpc) is 1.75. The van der Waals surface area contributed by atoms with E-state index in [2.05, 4.69) is 0 Å². The molecule has 1 saturated carbocycles. The Balaban J connectivity index is 2.30. The molecule has 0 amide bonds. The van der Waals surface area contributed by atoms with Crippen molar-refractivity contribution in [2.45, 2.75) is 45.1 Å². The van der Waals surface area contributed by atoms with Crippen molar-refractivity contribution in [3.8, 4) is 0 Å². The van der Waals surface area contributed by atoms with E-state index in [1.165, 1.54) is 19.3 Å². The van der Waals surface area contributed by atoms with E-state index < -0.39 is 5.60 Å². The lowest BCUT2D eigenvalue weighted by Gasteiger charge is -2.27. The molecule has 0 bridgehead atoms. The zero-order valence-corrected chi connectivity index (χ0v) is 7.26. The molecule has 0 saturated heterocycles. The minimum Gasteiger partial charge on any atom is -0.383 e. The molecule has 1 aliphatic rings. The Kier molecular flexibility index (Phi) is 2.33. The molecule has 1 fully saturated rings. The van der Waals surface area contributed by atoms with Gasteiger partial charge in [-0.05, 0) is 19.8 Å². The zero-order valence-electron chi connectivity index (χ0n) is 7.26. The van der Waals surface area contributed by atoms with Gasteiger partial charge in [0.2, 0.25) is 0 Å². The molecule has 0 heterocycles. The minimum absolute atomic E-state index is 0.0119. The van der Waals surface area contributed by atoms with Crippen molar-refractivity contribution >= 4 is 5.78 Å². The van der Waals surface area contributed by atoms with E-state index in [9.17, 15) is 9.90 Å². The normalized spacial score (nSPS) is 19.5. The second kappa shape index (κ2) is 2.94. The highest BCUT2D eigenvalue weighted by Crippen LogP contribution is 2.30. The predicted molar refractivity (Wildman–Crippen MR) is 43.3 cm³/mol. The summed E-state index contributed by atoms with van der Waals surface area (Å²) in [6, 6.07) is 0. The van der Waals surface area contributed by atoms with Crippen molar-refractivity contribution < 1.29 is 9.90 Å². The van der Waals surface area contributed by atoms with E-state index >= 15 is 0 Å². The largest absolute Gasteiger partial charge is 0.383 e. The van der Waals surface area contributed by atoms with E-state index in [4.69, 9.17) is 0 Å². The van der Waals surface area contributed by atoms with Crippen LogP contribution in [-0.4, -0.2) is 16.5 Å². The van der Waals surface area contributed by atoms with Crippen LogP contribution in [0.2, 0.25) is 0 Å². The number of carbonyl (C=O) groups is 1. The summed E-state index contributed by atoms with van der Waals surface area (Å²) in [7, 11) is 0. The van der Waals surface area contributed by atoms with Gasteiger partial charge in [0.05, 0.1) is 0 Å². The van der Waals surface area contributed by atoms with Gasteiger partial charge < -0.3 is 5.11 Å². The van der Waals surface area contributed by atoms with Gasteiger partial charge in [0, 0.05) is 6.42 Å². The number of carbonyl (C=O) groups excluding carboxylic acids is 1. The fraction of sp³-hybridized carbons (Fsp3) is 0.889. The number of rotatable bonds is 3. The Morgan fingerprint density at radius 2 is 2.09 bits per heavy atom. The summed E-state index contributed by atoms with van der Waals surface area (Å²) in [5.74, 6) is 0.552. The van der Waals surface area contributed by atoms with Gasteiger partial charge in [-0.2, -0.15) is 0 Å². The third-order valence-corrected chi connectivity index (χ3v) is 2.38. The molecule has 0 radical (unpaired) electrons. The van der Waals surface area contributed by atoms with Gasteiger partial charge >= 0.3 is 0 Å². The molecular formula is C9H16O2. The van der Waals surface area contributed by atoms with Crippen LogP contribution >= 0.6 is 0 Å². The molecule has 0 spiro atoms. The minimum atomic E-state index is -1.12. The maximum absolute atomic E-state index is 11.2. The number of ketones is 1. The van der Waals surface area contributed by atoms with Crippen molar-refractivity contribution in [2.24, 2.45) is 5.92 Å². The fourth-order valence-corrected chi connectivity index (χ4v) is 1.21. The third kappa shape index (κ3) is 2.29. The maximum atomic E-state index is 11.2. The van der Waals surface area contributed by atoms with Crippen molar-refractivity contribution in [1.29, 1.82) is 0 Å². The van der Waals surface area contributed by atoms with Crippen LogP contribution in [-0.2, 0) is 4.79 Å². The van der Waals surface area contributed by atoms with Crippen LogP contribution in [0.4, 0.5) is 0 Å². The monoisotopic (exact) mass is 156 g/mol. The first-order valence-corrected chi connectivity index (χ1v) is 4.26. The van der Waals surface area contributed by atoms with Crippen LogP contribution in [0.3, 0.4) is 0 Å². The second-order valence-corrected chi connectivity index (χ2v) is 3.98. The van der Waals surface area contributed by atoms with E-state index in [-0.39, 0.29) is 5.78 Å². The van der Waals surface area contributed by atoms with E-state index in [0.717, 1.165) is 0 Å². The number of hydrogen-bond acceptors (Lipinski definition) is 2. The molecule has 2 heteroatoms.